The summed E-state index contributed by atoms with van der Waals surface area (Å²) in [6, 6.07) is 0.138. The van der Waals surface area contributed by atoms with Gasteiger partial charge in [-0.05, 0) is 39.5 Å². The maximum atomic E-state index is 11.4. The number of aliphatic carboxylic acids is 1. The Kier molecular flexibility index (Phi) is 4.52. The molecular formula is C12H19NO3. The zero-order valence-corrected chi connectivity index (χ0v) is 9.82. The molecule has 0 unspecified atom stereocenters. The first-order valence-corrected chi connectivity index (χ1v) is 5.67. The highest BCUT2D eigenvalue weighted by atomic mass is 16.4. The van der Waals surface area contributed by atoms with E-state index in [1.807, 2.05) is 13.8 Å². The predicted octanol–water partition coefficient (Wildman–Crippen LogP) is 1.71. The number of carbonyl (C=O) groups is 2. The monoisotopic (exact) mass is 225 g/mol. The lowest BCUT2D eigenvalue weighted by molar-refractivity contribution is -0.142. The van der Waals surface area contributed by atoms with E-state index in [4.69, 9.17) is 5.11 Å². The Labute approximate surface area is 95.7 Å². The summed E-state index contributed by atoms with van der Waals surface area (Å²) in [6.45, 7) is 3.75. The van der Waals surface area contributed by atoms with Gasteiger partial charge in [0.15, 0.2) is 0 Å². The average molecular weight is 225 g/mol. The maximum Gasteiger partial charge on any atom is 0.306 e. The van der Waals surface area contributed by atoms with Gasteiger partial charge in [0.05, 0.1) is 5.92 Å². The molecule has 0 aromatic rings. The van der Waals surface area contributed by atoms with Crippen molar-refractivity contribution in [2.24, 2.45) is 5.92 Å². The van der Waals surface area contributed by atoms with E-state index in [0.29, 0.717) is 12.8 Å². The molecule has 0 atom stereocenters. The summed E-state index contributed by atoms with van der Waals surface area (Å²) < 4.78 is 0. The Bertz CT molecular complexity index is 297. The molecule has 1 aliphatic carbocycles. The number of hydrogen-bond acceptors (Lipinski definition) is 2. The topological polar surface area (TPSA) is 66.4 Å². The van der Waals surface area contributed by atoms with Gasteiger partial charge in [0.1, 0.15) is 0 Å². The van der Waals surface area contributed by atoms with Crippen LogP contribution in [0.5, 0.6) is 0 Å². The van der Waals surface area contributed by atoms with Crippen LogP contribution in [-0.4, -0.2) is 23.0 Å². The standard InChI is InChI=1S/C12H19NO3/c1-8(2)7-11(14)13-10-5-3-9(4-6-10)12(15)16/h7,9-10H,3-6H2,1-2H3,(H,13,14)(H,15,16). The van der Waals surface area contributed by atoms with Gasteiger partial charge in [-0.2, -0.15) is 0 Å². The molecule has 0 aromatic heterocycles. The number of nitrogens with one attached hydrogen (secondary N) is 1. The van der Waals surface area contributed by atoms with Gasteiger partial charge in [0.25, 0.3) is 0 Å². The molecule has 0 aromatic carbocycles. The van der Waals surface area contributed by atoms with Gasteiger partial charge in [-0.3, -0.25) is 9.59 Å². The van der Waals surface area contributed by atoms with E-state index < -0.39 is 5.97 Å². The quantitative estimate of drug-likeness (QED) is 0.718. The Morgan fingerprint density at radius 1 is 1.19 bits per heavy atom. The van der Waals surface area contributed by atoms with E-state index >= 15 is 0 Å². The summed E-state index contributed by atoms with van der Waals surface area (Å²) in [5.41, 5.74) is 0.969. The minimum Gasteiger partial charge on any atom is -0.481 e. The molecule has 0 heterocycles. The molecule has 1 rings (SSSR count). The van der Waals surface area contributed by atoms with Crippen molar-refractivity contribution in [3.05, 3.63) is 11.6 Å². The first-order chi connectivity index (χ1) is 7.49. The fourth-order valence-corrected chi connectivity index (χ4v) is 1.99. The minimum absolute atomic E-state index is 0.0706. The van der Waals surface area contributed by atoms with E-state index in [2.05, 4.69) is 5.32 Å². The molecule has 1 fully saturated rings. The van der Waals surface area contributed by atoms with E-state index in [1.165, 1.54) is 0 Å². The van der Waals surface area contributed by atoms with Crippen molar-refractivity contribution >= 4 is 11.9 Å². The second-order valence-electron chi connectivity index (χ2n) is 4.62. The molecule has 0 saturated heterocycles. The van der Waals surface area contributed by atoms with Crippen molar-refractivity contribution in [2.75, 3.05) is 0 Å². The van der Waals surface area contributed by atoms with Crippen LogP contribution < -0.4 is 5.32 Å². The minimum atomic E-state index is -0.714. The van der Waals surface area contributed by atoms with Crippen molar-refractivity contribution in [1.29, 1.82) is 0 Å². The number of allylic oxidation sites excluding steroid dienone is 1. The van der Waals surface area contributed by atoms with Gasteiger partial charge in [-0.15, -0.1) is 0 Å². The Morgan fingerprint density at radius 2 is 1.75 bits per heavy atom. The van der Waals surface area contributed by atoms with Crippen LogP contribution in [0.3, 0.4) is 0 Å². The summed E-state index contributed by atoms with van der Waals surface area (Å²) in [7, 11) is 0. The Morgan fingerprint density at radius 3 is 2.19 bits per heavy atom. The molecule has 1 aliphatic rings. The molecule has 90 valence electrons. The Hall–Kier alpha value is -1.32. The smallest absolute Gasteiger partial charge is 0.306 e. The third kappa shape index (κ3) is 4.04. The van der Waals surface area contributed by atoms with Gasteiger partial charge in [-0.1, -0.05) is 5.57 Å². The highest BCUT2D eigenvalue weighted by molar-refractivity contribution is 5.88. The largest absolute Gasteiger partial charge is 0.481 e. The van der Waals surface area contributed by atoms with Crippen LogP contribution in [0.4, 0.5) is 0 Å². The number of amides is 1. The molecule has 2 N–H and O–H groups in total. The fourth-order valence-electron chi connectivity index (χ4n) is 1.99. The molecule has 1 saturated carbocycles. The molecule has 4 heteroatoms. The average Bonchev–Trinajstić information content (AvgIpc) is 2.16. The van der Waals surface area contributed by atoms with Crippen molar-refractivity contribution < 1.29 is 14.7 Å². The first-order valence-electron chi connectivity index (χ1n) is 5.67. The molecule has 4 nitrogen and oxygen atoms in total. The third-order valence-electron chi connectivity index (χ3n) is 2.84. The number of carboxylic acid groups (broad SMARTS) is 1. The number of carbonyl (C=O) groups excluding carboxylic acids is 1. The van der Waals surface area contributed by atoms with Crippen LogP contribution in [0.1, 0.15) is 39.5 Å². The summed E-state index contributed by atoms with van der Waals surface area (Å²) in [5, 5.41) is 11.7. The van der Waals surface area contributed by atoms with E-state index in [9.17, 15) is 9.59 Å². The Balaban J connectivity index is 2.35. The lowest BCUT2D eigenvalue weighted by Crippen LogP contribution is -2.38. The summed E-state index contributed by atoms with van der Waals surface area (Å²) in [4.78, 5) is 22.2. The van der Waals surface area contributed by atoms with Crippen LogP contribution in [-0.2, 0) is 9.59 Å². The number of hydrogen-bond donors (Lipinski definition) is 2. The van der Waals surface area contributed by atoms with Crippen LogP contribution >= 0.6 is 0 Å². The van der Waals surface area contributed by atoms with Crippen molar-refractivity contribution in [1.82, 2.24) is 5.32 Å². The number of carboxylic acids is 1. The molecule has 16 heavy (non-hydrogen) atoms. The van der Waals surface area contributed by atoms with E-state index in [0.717, 1.165) is 18.4 Å². The first kappa shape index (κ1) is 12.7. The van der Waals surface area contributed by atoms with Crippen LogP contribution in [0, 0.1) is 5.92 Å². The molecule has 1 amide bonds. The molecule has 0 bridgehead atoms. The van der Waals surface area contributed by atoms with E-state index in [-0.39, 0.29) is 17.9 Å². The van der Waals surface area contributed by atoms with Gasteiger partial charge in [0, 0.05) is 12.1 Å². The van der Waals surface area contributed by atoms with Gasteiger partial charge >= 0.3 is 5.97 Å². The van der Waals surface area contributed by atoms with Crippen molar-refractivity contribution in [3.8, 4) is 0 Å². The summed E-state index contributed by atoms with van der Waals surface area (Å²) >= 11 is 0. The third-order valence-corrected chi connectivity index (χ3v) is 2.84. The molecule has 0 spiro atoms. The number of rotatable bonds is 3. The zero-order valence-electron chi connectivity index (χ0n) is 9.82. The maximum absolute atomic E-state index is 11.4. The van der Waals surface area contributed by atoms with Gasteiger partial charge < -0.3 is 10.4 Å². The van der Waals surface area contributed by atoms with Gasteiger partial charge in [0.2, 0.25) is 5.91 Å². The molecular weight excluding hydrogens is 206 g/mol. The molecule has 0 aliphatic heterocycles. The summed E-state index contributed by atoms with van der Waals surface area (Å²) in [5.74, 6) is -1.01. The SMILES string of the molecule is CC(C)=CC(=O)NC1CCC(C(=O)O)CC1. The highest BCUT2D eigenvalue weighted by Gasteiger charge is 2.26. The second kappa shape index (κ2) is 5.68. The van der Waals surface area contributed by atoms with Gasteiger partial charge in [-0.25, -0.2) is 0 Å². The highest BCUT2D eigenvalue weighted by Crippen LogP contribution is 2.24. The van der Waals surface area contributed by atoms with Crippen molar-refractivity contribution in [3.63, 3.8) is 0 Å². The lowest BCUT2D eigenvalue weighted by atomic mass is 9.86. The van der Waals surface area contributed by atoms with Crippen LogP contribution in [0.2, 0.25) is 0 Å². The lowest BCUT2D eigenvalue weighted by Gasteiger charge is -2.26. The second-order valence-corrected chi connectivity index (χ2v) is 4.62. The van der Waals surface area contributed by atoms with Crippen LogP contribution in [0.25, 0.3) is 0 Å². The summed E-state index contributed by atoms with van der Waals surface area (Å²) in [6.07, 6.45) is 4.42. The molecule has 0 radical (unpaired) electrons. The normalized spacial score (nSPS) is 24.6. The zero-order chi connectivity index (χ0) is 12.1. The van der Waals surface area contributed by atoms with Crippen molar-refractivity contribution in [2.45, 2.75) is 45.6 Å². The predicted molar refractivity (Wildman–Crippen MR) is 61.0 cm³/mol. The van der Waals surface area contributed by atoms with E-state index in [1.54, 1.807) is 6.08 Å². The van der Waals surface area contributed by atoms with Crippen LogP contribution in [0.15, 0.2) is 11.6 Å². The fraction of sp³-hybridized carbons (Fsp3) is 0.667.